The molecule has 190 valence electrons. The van der Waals surface area contributed by atoms with E-state index >= 15 is 0 Å². The van der Waals surface area contributed by atoms with Crippen molar-refractivity contribution in [2.45, 2.75) is 25.9 Å². The Morgan fingerprint density at radius 2 is 1.76 bits per heavy atom. The highest BCUT2D eigenvalue weighted by Crippen LogP contribution is 2.43. The Bertz CT molecular complexity index is 1590. The molecule has 10 heteroatoms. The molecular formula is C27H26ClN5O2S2. The van der Waals surface area contributed by atoms with E-state index in [0.29, 0.717) is 15.8 Å². The van der Waals surface area contributed by atoms with Crippen molar-refractivity contribution in [2.75, 3.05) is 15.9 Å². The molecule has 2 N–H and O–H groups in total. The van der Waals surface area contributed by atoms with E-state index in [-0.39, 0.29) is 12.1 Å². The van der Waals surface area contributed by atoms with Crippen LogP contribution in [0.1, 0.15) is 34.6 Å². The lowest BCUT2D eigenvalue weighted by Gasteiger charge is -2.29. The predicted molar refractivity (Wildman–Crippen MR) is 153 cm³/mol. The first kappa shape index (κ1) is 25.3. The molecule has 3 heterocycles. The summed E-state index contributed by atoms with van der Waals surface area (Å²) in [5.74, 6) is 0. The summed E-state index contributed by atoms with van der Waals surface area (Å²) in [4.78, 5) is 6.70. The first-order valence-electron chi connectivity index (χ1n) is 11.7. The van der Waals surface area contributed by atoms with Gasteiger partial charge in [-0.25, -0.2) is 8.42 Å². The van der Waals surface area contributed by atoms with Gasteiger partial charge in [0.2, 0.25) is 10.0 Å². The number of benzene rings is 2. The molecule has 0 radical (unpaired) electrons. The van der Waals surface area contributed by atoms with Gasteiger partial charge in [0.1, 0.15) is 6.04 Å². The normalized spacial score (nSPS) is 17.6. The highest BCUT2D eigenvalue weighted by Gasteiger charge is 2.42. The van der Waals surface area contributed by atoms with Crippen molar-refractivity contribution in [1.82, 2.24) is 14.9 Å². The van der Waals surface area contributed by atoms with E-state index < -0.39 is 10.0 Å². The number of nitrogens with one attached hydrogen (secondary N) is 2. The molecule has 1 fully saturated rings. The van der Waals surface area contributed by atoms with Gasteiger partial charge in [0.25, 0.3) is 0 Å². The Morgan fingerprint density at radius 1 is 1.00 bits per heavy atom. The van der Waals surface area contributed by atoms with Gasteiger partial charge in [0.15, 0.2) is 5.11 Å². The summed E-state index contributed by atoms with van der Waals surface area (Å²) < 4.78 is 28.3. The van der Waals surface area contributed by atoms with Gasteiger partial charge < -0.3 is 14.8 Å². The lowest BCUT2D eigenvalue weighted by molar-refractivity contribution is 0.549. The Labute approximate surface area is 227 Å². The number of hydrogen-bond donors (Lipinski definition) is 2. The summed E-state index contributed by atoms with van der Waals surface area (Å²) in [5, 5.41) is 4.75. The van der Waals surface area contributed by atoms with Crippen LogP contribution in [0.3, 0.4) is 0 Å². The van der Waals surface area contributed by atoms with Gasteiger partial charge in [-0.05, 0) is 97.9 Å². The lowest BCUT2D eigenvalue weighted by atomic mass is 10.00. The largest absolute Gasteiger partial charge is 0.351 e. The minimum atomic E-state index is -3.40. The van der Waals surface area contributed by atoms with Crippen LogP contribution in [0.25, 0.3) is 5.69 Å². The first-order valence-corrected chi connectivity index (χ1v) is 14.3. The molecular weight excluding hydrogens is 526 g/mol. The molecule has 1 saturated heterocycles. The smallest absolute Gasteiger partial charge is 0.229 e. The third kappa shape index (κ3) is 5.07. The second-order valence-corrected chi connectivity index (χ2v) is 11.6. The Morgan fingerprint density at radius 3 is 2.43 bits per heavy atom. The van der Waals surface area contributed by atoms with E-state index in [2.05, 4.69) is 36.6 Å². The molecule has 0 spiro atoms. The summed E-state index contributed by atoms with van der Waals surface area (Å²) in [6.45, 7) is 3.85. The summed E-state index contributed by atoms with van der Waals surface area (Å²) in [6, 6.07) is 21.0. The van der Waals surface area contributed by atoms with Crippen LogP contribution in [0.5, 0.6) is 0 Å². The number of nitrogens with zero attached hydrogens (tertiary/aromatic N) is 3. The molecule has 0 aliphatic carbocycles. The second kappa shape index (κ2) is 9.81. The molecule has 0 bridgehead atoms. The van der Waals surface area contributed by atoms with E-state index in [1.807, 2.05) is 68.6 Å². The van der Waals surface area contributed by atoms with E-state index in [0.717, 1.165) is 40.1 Å². The molecule has 0 amide bonds. The van der Waals surface area contributed by atoms with Crippen LogP contribution in [0.15, 0.2) is 79.1 Å². The van der Waals surface area contributed by atoms with Crippen LogP contribution in [-0.4, -0.2) is 29.3 Å². The summed E-state index contributed by atoms with van der Waals surface area (Å²) in [6.07, 6.45) is 4.94. The number of hydrogen-bond acceptors (Lipinski definition) is 4. The summed E-state index contributed by atoms with van der Waals surface area (Å²) in [5.41, 5.74) is 6.02. The standard InChI is InChI=1S/C27H26ClN5O2S2/c1-17-15-19(9-11-21(17)28)32-14-6-8-24(32)26-25(23-7-4-5-13-29-23)30-27(36)33(26)20-10-12-22(18(2)16-20)31-37(3,34)35/h4-16,25-26,31H,1-3H3,(H,30,36). The third-order valence-corrected chi connectivity index (χ3v) is 7.71. The Balaban J connectivity index is 1.64. The topological polar surface area (TPSA) is 79.3 Å². The number of aryl methyl sites for hydroxylation is 2. The van der Waals surface area contributed by atoms with Crippen LogP contribution >= 0.6 is 23.8 Å². The Hall–Kier alpha value is -3.40. The van der Waals surface area contributed by atoms with Crippen molar-refractivity contribution >= 4 is 50.3 Å². The lowest BCUT2D eigenvalue weighted by Crippen LogP contribution is -2.30. The van der Waals surface area contributed by atoms with Crippen molar-refractivity contribution in [1.29, 1.82) is 0 Å². The number of rotatable bonds is 6. The number of halogens is 1. The van der Waals surface area contributed by atoms with E-state index in [1.165, 1.54) is 0 Å². The molecule has 0 saturated carbocycles. The second-order valence-electron chi connectivity index (χ2n) is 9.11. The van der Waals surface area contributed by atoms with Crippen LogP contribution < -0.4 is 14.9 Å². The minimum absolute atomic E-state index is 0.218. The molecule has 2 atom stereocenters. The Kier molecular flexibility index (Phi) is 6.70. The first-order chi connectivity index (χ1) is 17.6. The zero-order chi connectivity index (χ0) is 26.3. The van der Waals surface area contributed by atoms with E-state index in [9.17, 15) is 8.42 Å². The summed E-state index contributed by atoms with van der Waals surface area (Å²) in [7, 11) is -3.40. The van der Waals surface area contributed by atoms with Crippen LogP contribution in [0, 0.1) is 13.8 Å². The van der Waals surface area contributed by atoms with Crippen molar-refractivity contribution in [2.24, 2.45) is 0 Å². The quantitative estimate of drug-likeness (QED) is 0.300. The van der Waals surface area contributed by atoms with Gasteiger partial charge in [-0.15, -0.1) is 0 Å². The van der Waals surface area contributed by atoms with Gasteiger partial charge in [0.05, 0.1) is 23.7 Å². The van der Waals surface area contributed by atoms with Gasteiger partial charge in [-0.1, -0.05) is 17.7 Å². The van der Waals surface area contributed by atoms with E-state index in [1.54, 1.807) is 12.3 Å². The number of pyridine rings is 1. The summed E-state index contributed by atoms with van der Waals surface area (Å²) >= 11 is 12.2. The molecule has 7 nitrogen and oxygen atoms in total. The van der Waals surface area contributed by atoms with Gasteiger partial charge in [-0.2, -0.15) is 0 Å². The average Bonchev–Trinajstić information content (AvgIpc) is 3.46. The van der Waals surface area contributed by atoms with Crippen molar-refractivity contribution in [3.05, 3.63) is 107 Å². The predicted octanol–water partition coefficient (Wildman–Crippen LogP) is 5.69. The monoisotopic (exact) mass is 551 g/mol. The average molecular weight is 552 g/mol. The van der Waals surface area contributed by atoms with Crippen LogP contribution in [0.2, 0.25) is 5.02 Å². The molecule has 37 heavy (non-hydrogen) atoms. The molecule has 2 aromatic carbocycles. The maximum atomic E-state index is 11.8. The molecule has 4 aromatic rings. The number of aromatic nitrogens is 2. The van der Waals surface area contributed by atoms with Gasteiger partial charge in [0, 0.05) is 34.5 Å². The zero-order valence-electron chi connectivity index (χ0n) is 20.5. The molecule has 1 aliphatic heterocycles. The SMILES string of the molecule is Cc1cc(-n2cccc2C2C(c3ccccn3)NC(=S)N2c2ccc(NS(C)(=O)=O)c(C)c2)ccc1Cl. The highest BCUT2D eigenvalue weighted by molar-refractivity contribution is 7.92. The van der Waals surface area contributed by atoms with Gasteiger partial charge >= 0.3 is 0 Å². The van der Waals surface area contributed by atoms with Crippen molar-refractivity contribution in [3.63, 3.8) is 0 Å². The molecule has 2 aromatic heterocycles. The fraction of sp³-hybridized carbons (Fsp3) is 0.185. The maximum absolute atomic E-state index is 11.8. The highest BCUT2D eigenvalue weighted by atomic mass is 35.5. The number of anilines is 2. The molecule has 1 aliphatic rings. The van der Waals surface area contributed by atoms with Crippen molar-refractivity contribution in [3.8, 4) is 5.69 Å². The fourth-order valence-corrected chi connectivity index (χ4v) is 5.79. The van der Waals surface area contributed by atoms with Gasteiger partial charge in [-0.3, -0.25) is 9.71 Å². The van der Waals surface area contributed by atoms with Crippen molar-refractivity contribution < 1.29 is 8.42 Å². The van der Waals surface area contributed by atoms with Crippen LogP contribution in [0.4, 0.5) is 11.4 Å². The third-order valence-electron chi connectivity index (χ3n) is 6.38. The minimum Gasteiger partial charge on any atom is -0.351 e. The number of sulfonamides is 1. The maximum Gasteiger partial charge on any atom is 0.229 e. The zero-order valence-corrected chi connectivity index (χ0v) is 22.9. The molecule has 5 rings (SSSR count). The van der Waals surface area contributed by atoms with E-state index in [4.69, 9.17) is 23.8 Å². The molecule has 2 unspecified atom stereocenters. The fourth-order valence-electron chi connectivity index (χ4n) is 4.69. The van der Waals surface area contributed by atoms with Crippen LogP contribution in [-0.2, 0) is 10.0 Å². The number of thiocarbonyl (C=S) groups is 1.